The summed E-state index contributed by atoms with van der Waals surface area (Å²) in [5.41, 5.74) is 2.17. The number of imidazole rings is 1. The minimum absolute atomic E-state index is 0.0161. The van der Waals surface area contributed by atoms with Gasteiger partial charge < -0.3 is 14.6 Å². The largest absolute Gasteiger partial charge is 0.379 e. The topological polar surface area (TPSA) is 59.4 Å². The summed E-state index contributed by atoms with van der Waals surface area (Å²) in [7, 11) is 0. The van der Waals surface area contributed by atoms with Gasteiger partial charge in [0.05, 0.1) is 30.2 Å². The van der Waals surface area contributed by atoms with Crippen molar-refractivity contribution in [2.45, 2.75) is 76.5 Å². The monoisotopic (exact) mass is 504 g/mol. The molecule has 3 aliphatic heterocycles. The number of carbonyl (C=O) groups is 1. The summed E-state index contributed by atoms with van der Waals surface area (Å²) in [6, 6.07) is 17.0. The molecule has 2 aromatic carbocycles. The Kier molecular flexibility index (Phi) is 6.53. The van der Waals surface area contributed by atoms with Gasteiger partial charge in [-0.15, -0.1) is 0 Å². The fourth-order valence-electron chi connectivity index (χ4n) is 6.92. The van der Waals surface area contributed by atoms with Gasteiger partial charge in [0.25, 0.3) is 0 Å². The fourth-order valence-corrected chi connectivity index (χ4v) is 6.92. The van der Waals surface area contributed by atoms with Crippen molar-refractivity contribution in [1.29, 1.82) is 0 Å². The van der Waals surface area contributed by atoms with Crippen molar-refractivity contribution in [3.63, 3.8) is 0 Å². The Morgan fingerprint density at radius 2 is 1.84 bits per heavy atom. The minimum Gasteiger partial charge on any atom is -0.379 e. The molecule has 2 bridgehead atoms. The Labute approximate surface area is 218 Å². The molecule has 1 N–H and O–H groups in total. The zero-order chi connectivity index (χ0) is 25.6. The van der Waals surface area contributed by atoms with Crippen molar-refractivity contribution in [2.24, 2.45) is 5.41 Å². The zero-order valence-corrected chi connectivity index (χ0v) is 21.8. The lowest BCUT2D eigenvalue weighted by molar-refractivity contribution is -0.163. The van der Waals surface area contributed by atoms with Crippen LogP contribution in [0.3, 0.4) is 0 Å². The third-order valence-corrected chi connectivity index (χ3v) is 9.17. The summed E-state index contributed by atoms with van der Waals surface area (Å²) in [5, 5.41) is 3.39. The summed E-state index contributed by atoms with van der Waals surface area (Å²) in [6.07, 6.45) is 6.17. The molecule has 6 rings (SSSR count). The number of rotatable bonds is 8. The predicted octanol–water partition coefficient (Wildman–Crippen LogP) is 5.33. The number of hydrogen-bond acceptors (Lipinski definition) is 4. The first-order chi connectivity index (χ1) is 18.0. The summed E-state index contributed by atoms with van der Waals surface area (Å²) in [6.45, 7) is 6.05. The number of ether oxygens (including phenoxy) is 1. The van der Waals surface area contributed by atoms with Crippen LogP contribution in [0.15, 0.2) is 48.5 Å². The van der Waals surface area contributed by atoms with Crippen LogP contribution in [-0.4, -0.2) is 52.2 Å². The van der Waals surface area contributed by atoms with Crippen LogP contribution in [0.1, 0.15) is 68.9 Å². The van der Waals surface area contributed by atoms with Crippen molar-refractivity contribution in [2.75, 3.05) is 19.8 Å². The summed E-state index contributed by atoms with van der Waals surface area (Å²) < 4.78 is 22.1. The standard InChI is InChI=1S/C30H37FN4O2/c1-3-30(18-37-19-30)29(36)33-26(21-8-5-4-6-9-21)14-15-34-22-12-13-23(34)17-24(16-22)35-20(2)32-28-25(31)10-7-11-27(28)35/h4-11,22-24,26H,3,12-19H2,1-2H3,(H,33,36)/t22-,23+,24?,26-/m0/s1. The van der Waals surface area contributed by atoms with Crippen molar-refractivity contribution in [3.05, 3.63) is 65.7 Å². The lowest BCUT2D eigenvalue weighted by atomic mass is 9.81. The average molecular weight is 505 g/mol. The van der Waals surface area contributed by atoms with Crippen LogP contribution in [0.4, 0.5) is 4.39 Å². The second kappa shape index (κ2) is 9.84. The molecule has 3 saturated heterocycles. The highest BCUT2D eigenvalue weighted by molar-refractivity contribution is 5.84. The first-order valence-electron chi connectivity index (χ1n) is 13.8. The van der Waals surface area contributed by atoms with Gasteiger partial charge in [0, 0.05) is 24.7 Å². The van der Waals surface area contributed by atoms with E-state index in [1.165, 1.54) is 18.9 Å². The molecule has 0 spiro atoms. The molecule has 0 saturated carbocycles. The molecular formula is C30H37FN4O2. The zero-order valence-electron chi connectivity index (χ0n) is 21.8. The second-order valence-electron chi connectivity index (χ2n) is 11.2. The van der Waals surface area contributed by atoms with Crippen molar-refractivity contribution < 1.29 is 13.9 Å². The number of fused-ring (bicyclic) bond motifs is 3. The second-order valence-corrected chi connectivity index (χ2v) is 11.2. The van der Waals surface area contributed by atoms with E-state index in [0.717, 1.165) is 49.1 Å². The first-order valence-corrected chi connectivity index (χ1v) is 13.8. The highest BCUT2D eigenvalue weighted by Crippen LogP contribution is 2.43. The van der Waals surface area contributed by atoms with Gasteiger partial charge in [0.15, 0.2) is 5.82 Å². The summed E-state index contributed by atoms with van der Waals surface area (Å²) in [5.74, 6) is 0.771. The van der Waals surface area contributed by atoms with Crippen LogP contribution in [0.5, 0.6) is 0 Å². The van der Waals surface area contributed by atoms with Crippen LogP contribution in [-0.2, 0) is 9.53 Å². The van der Waals surface area contributed by atoms with Gasteiger partial charge in [-0.3, -0.25) is 9.69 Å². The van der Waals surface area contributed by atoms with E-state index in [-0.39, 0.29) is 23.2 Å². The number of para-hydroxylation sites is 1. The van der Waals surface area contributed by atoms with E-state index in [0.29, 0.717) is 36.9 Å². The van der Waals surface area contributed by atoms with E-state index in [2.05, 4.69) is 38.8 Å². The fraction of sp³-hybridized carbons (Fsp3) is 0.533. The molecule has 0 aliphatic carbocycles. The Morgan fingerprint density at radius 3 is 2.49 bits per heavy atom. The molecule has 3 fully saturated rings. The molecule has 1 unspecified atom stereocenters. The minimum atomic E-state index is -0.380. The molecule has 6 nitrogen and oxygen atoms in total. The van der Waals surface area contributed by atoms with Crippen molar-refractivity contribution in [1.82, 2.24) is 19.8 Å². The number of halogens is 1. The van der Waals surface area contributed by atoms with E-state index >= 15 is 0 Å². The number of benzene rings is 2. The van der Waals surface area contributed by atoms with E-state index in [1.807, 2.05) is 31.2 Å². The lowest BCUT2D eigenvalue weighted by Gasteiger charge is -2.42. The summed E-state index contributed by atoms with van der Waals surface area (Å²) in [4.78, 5) is 20.5. The number of amides is 1. The van der Waals surface area contributed by atoms with Crippen molar-refractivity contribution in [3.8, 4) is 0 Å². The van der Waals surface area contributed by atoms with Gasteiger partial charge in [-0.25, -0.2) is 9.37 Å². The Balaban J connectivity index is 1.17. The molecule has 0 radical (unpaired) electrons. The van der Waals surface area contributed by atoms with Crippen LogP contribution in [0.25, 0.3) is 11.0 Å². The third kappa shape index (κ3) is 4.36. The lowest BCUT2D eigenvalue weighted by Crippen LogP contribution is -2.54. The molecule has 1 aromatic heterocycles. The predicted molar refractivity (Wildman–Crippen MR) is 142 cm³/mol. The van der Waals surface area contributed by atoms with Crippen LogP contribution >= 0.6 is 0 Å². The third-order valence-electron chi connectivity index (χ3n) is 9.17. The van der Waals surface area contributed by atoms with E-state index < -0.39 is 0 Å². The molecule has 196 valence electrons. The number of nitrogens with zero attached hydrogens (tertiary/aromatic N) is 3. The van der Waals surface area contributed by atoms with E-state index in [4.69, 9.17) is 4.74 Å². The van der Waals surface area contributed by atoms with Gasteiger partial charge in [-0.2, -0.15) is 0 Å². The molecule has 1 amide bonds. The number of aromatic nitrogens is 2. The average Bonchev–Trinajstić information content (AvgIpc) is 3.34. The van der Waals surface area contributed by atoms with Crippen LogP contribution in [0, 0.1) is 18.2 Å². The summed E-state index contributed by atoms with van der Waals surface area (Å²) >= 11 is 0. The number of carbonyl (C=O) groups excluding carboxylic acids is 1. The first kappa shape index (κ1) is 24.6. The highest BCUT2D eigenvalue weighted by Gasteiger charge is 2.45. The maximum absolute atomic E-state index is 14.4. The van der Waals surface area contributed by atoms with Gasteiger partial charge >= 0.3 is 0 Å². The molecule has 4 heterocycles. The quantitative estimate of drug-likeness (QED) is 0.451. The molecule has 7 heteroatoms. The smallest absolute Gasteiger partial charge is 0.231 e. The maximum Gasteiger partial charge on any atom is 0.231 e. The van der Waals surface area contributed by atoms with Crippen LogP contribution < -0.4 is 5.32 Å². The van der Waals surface area contributed by atoms with E-state index in [9.17, 15) is 9.18 Å². The molecule has 37 heavy (non-hydrogen) atoms. The van der Waals surface area contributed by atoms with Gasteiger partial charge in [0.2, 0.25) is 5.91 Å². The normalized spacial score (nSPS) is 25.6. The molecule has 4 atom stereocenters. The van der Waals surface area contributed by atoms with E-state index in [1.54, 1.807) is 6.07 Å². The number of aryl methyl sites for hydroxylation is 1. The van der Waals surface area contributed by atoms with Crippen molar-refractivity contribution >= 4 is 16.9 Å². The Morgan fingerprint density at radius 1 is 1.11 bits per heavy atom. The van der Waals surface area contributed by atoms with Gasteiger partial charge in [0.1, 0.15) is 11.3 Å². The number of piperidine rings is 1. The van der Waals surface area contributed by atoms with Crippen LogP contribution in [0.2, 0.25) is 0 Å². The Bertz CT molecular complexity index is 1250. The highest BCUT2D eigenvalue weighted by atomic mass is 19.1. The maximum atomic E-state index is 14.4. The Hall–Kier alpha value is -2.77. The number of nitrogens with one attached hydrogen (secondary N) is 1. The van der Waals surface area contributed by atoms with Gasteiger partial charge in [-0.05, 0) is 63.1 Å². The molecule has 3 aromatic rings. The molecular weight excluding hydrogens is 467 g/mol. The SMILES string of the molecule is CCC1(C(=O)N[C@@H](CCN2[C@@H]3CC[C@H]2CC(n2c(C)nc4c(F)cccc42)C3)c2ccccc2)COC1. The van der Waals surface area contributed by atoms with Gasteiger partial charge in [-0.1, -0.05) is 43.3 Å². The molecule has 3 aliphatic rings. The number of hydrogen-bond donors (Lipinski definition) is 1.